The molecule has 0 saturated carbocycles. The SMILES string of the molecule is COC(=O)c1cccc(NS(=O)(=O)c2nnc(NC(=O)c3ccccc3Cl)s2)c1C. The quantitative estimate of drug-likeness (QED) is 0.421. The molecule has 3 aromatic rings. The number of hydrogen-bond donors (Lipinski definition) is 2. The smallest absolute Gasteiger partial charge is 0.338 e. The lowest BCUT2D eigenvalue weighted by atomic mass is 10.1. The molecule has 0 radical (unpaired) electrons. The third-order valence-corrected chi connectivity index (χ3v) is 6.86. The molecule has 0 fully saturated rings. The maximum atomic E-state index is 12.7. The molecule has 3 rings (SSSR count). The summed E-state index contributed by atoms with van der Waals surface area (Å²) in [5.41, 5.74) is 1.02. The Bertz CT molecular complexity index is 1230. The first-order valence-electron chi connectivity index (χ1n) is 8.33. The van der Waals surface area contributed by atoms with Crippen LogP contribution in [0, 0.1) is 6.92 Å². The van der Waals surface area contributed by atoms with Crippen molar-refractivity contribution in [1.82, 2.24) is 10.2 Å². The summed E-state index contributed by atoms with van der Waals surface area (Å²) in [6, 6.07) is 10.9. The molecule has 0 atom stereocenters. The highest BCUT2D eigenvalue weighted by molar-refractivity contribution is 7.94. The summed E-state index contributed by atoms with van der Waals surface area (Å²) in [6.45, 7) is 1.58. The largest absolute Gasteiger partial charge is 0.465 e. The average Bonchev–Trinajstić information content (AvgIpc) is 3.18. The van der Waals surface area contributed by atoms with Crippen molar-refractivity contribution in [3.05, 3.63) is 64.2 Å². The Balaban J connectivity index is 1.80. The van der Waals surface area contributed by atoms with Crippen LogP contribution in [0.2, 0.25) is 5.02 Å². The molecule has 30 heavy (non-hydrogen) atoms. The fourth-order valence-corrected chi connectivity index (χ4v) is 4.69. The maximum absolute atomic E-state index is 12.7. The third-order valence-electron chi connectivity index (χ3n) is 3.96. The third kappa shape index (κ3) is 4.58. The van der Waals surface area contributed by atoms with E-state index in [-0.39, 0.29) is 31.3 Å². The first-order chi connectivity index (χ1) is 14.2. The number of nitrogens with one attached hydrogen (secondary N) is 2. The summed E-state index contributed by atoms with van der Waals surface area (Å²) in [5.74, 6) is -1.13. The molecule has 2 aromatic carbocycles. The molecule has 9 nitrogen and oxygen atoms in total. The van der Waals surface area contributed by atoms with Gasteiger partial charge in [0.1, 0.15) is 0 Å². The van der Waals surface area contributed by atoms with Crippen LogP contribution < -0.4 is 10.0 Å². The van der Waals surface area contributed by atoms with Crippen molar-refractivity contribution in [3.63, 3.8) is 0 Å². The Kier molecular flexibility index (Phi) is 6.34. The van der Waals surface area contributed by atoms with Crippen molar-refractivity contribution < 1.29 is 22.7 Å². The maximum Gasteiger partial charge on any atom is 0.338 e. The van der Waals surface area contributed by atoms with E-state index in [0.717, 1.165) is 0 Å². The second kappa shape index (κ2) is 8.78. The minimum atomic E-state index is -4.11. The zero-order valence-electron chi connectivity index (χ0n) is 15.7. The highest BCUT2D eigenvalue weighted by Gasteiger charge is 2.23. The van der Waals surface area contributed by atoms with Crippen LogP contribution in [0.1, 0.15) is 26.3 Å². The molecule has 0 aliphatic carbocycles. The second-order valence-corrected chi connectivity index (χ2v) is 9.12. The summed E-state index contributed by atoms with van der Waals surface area (Å²) in [7, 11) is -2.87. The Morgan fingerprint density at radius 1 is 1.07 bits per heavy atom. The molecule has 12 heteroatoms. The molecule has 1 aromatic heterocycles. The first kappa shape index (κ1) is 21.7. The van der Waals surface area contributed by atoms with Gasteiger partial charge in [-0.05, 0) is 36.8 Å². The molecule has 0 aliphatic heterocycles. The number of esters is 1. The van der Waals surface area contributed by atoms with Crippen LogP contribution >= 0.6 is 22.9 Å². The number of methoxy groups -OCH3 is 1. The van der Waals surface area contributed by atoms with Crippen molar-refractivity contribution in [2.75, 3.05) is 17.1 Å². The number of sulfonamides is 1. The summed E-state index contributed by atoms with van der Waals surface area (Å²) >= 11 is 6.65. The molecule has 0 unspecified atom stereocenters. The van der Waals surface area contributed by atoms with Gasteiger partial charge >= 0.3 is 5.97 Å². The van der Waals surface area contributed by atoms with Crippen LogP contribution in [0.15, 0.2) is 46.8 Å². The number of carbonyl (C=O) groups is 2. The molecule has 0 spiro atoms. The van der Waals surface area contributed by atoms with Crippen LogP contribution in [-0.2, 0) is 14.8 Å². The number of ether oxygens (including phenoxy) is 1. The molecule has 0 aliphatic rings. The fraction of sp³-hybridized carbons (Fsp3) is 0.111. The van der Waals surface area contributed by atoms with Gasteiger partial charge in [0.15, 0.2) is 0 Å². The van der Waals surface area contributed by atoms with Crippen LogP contribution in [0.3, 0.4) is 0 Å². The van der Waals surface area contributed by atoms with Gasteiger partial charge in [0.2, 0.25) is 5.13 Å². The minimum Gasteiger partial charge on any atom is -0.465 e. The van der Waals surface area contributed by atoms with Gasteiger partial charge in [-0.15, -0.1) is 10.2 Å². The van der Waals surface area contributed by atoms with Crippen molar-refractivity contribution in [2.45, 2.75) is 11.3 Å². The standard InChI is InChI=1S/C18H15ClN4O5S2/c1-10-11(16(25)28-2)7-5-9-14(10)23-30(26,27)18-22-21-17(29-18)20-15(24)12-6-3-4-8-13(12)19/h3-9,23H,1-2H3,(H,20,21,24). The van der Waals surface area contributed by atoms with Crippen molar-refractivity contribution in [1.29, 1.82) is 0 Å². The Morgan fingerprint density at radius 2 is 1.77 bits per heavy atom. The summed E-state index contributed by atoms with van der Waals surface area (Å²) in [5, 5.41) is 10.0. The van der Waals surface area contributed by atoms with Crippen LogP contribution in [0.25, 0.3) is 0 Å². The average molecular weight is 467 g/mol. The molecular formula is C18H15ClN4O5S2. The van der Waals surface area contributed by atoms with E-state index in [1.54, 1.807) is 25.1 Å². The lowest BCUT2D eigenvalue weighted by Crippen LogP contribution is -2.15. The highest BCUT2D eigenvalue weighted by atomic mass is 35.5. The monoisotopic (exact) mass is 466 g/mol. The predicted octanol–water partition coefficient (Wildman–Crippen LogP) is 3.34. The number of anilines is 2. The zero-order chi connectivity index (χ0) is 21.9. The van der Waals surface area contributed by atoms with Crippen molar-refractivity contribution >= 4 is 55.7 Å². The lowest BCUT2D eigenvalue weighted by molar-refractivity contribution is 0.0600. The Morgan fingerprint density at radius 3 is 2.47 bits per heavy atom. The summed E-state index contributed by atoms with van der Waals surface area (Å²) in [6.07, 6.45) is 0. The first-order valence-corrected chi connectivity index (χ1v) is 11.0. The fourth-order valence-electron chi connectivity index (χ4n) is 2.44. The molecule has 156 valence electrons. The van der Waals surface area contributed by atoms with Gasteiger partial charge in [-0.3, -0.25) is 14.8 Å². The second-order valence-electron chi connectivity index (χ2n) is 5.88. The molecule has 0 saturated heterocycles. The Labute approximate surface area is 181 Å². The highest BCUT2D eigenvalue weighted by Crippen LogP contribution is 2.26. The van der Waals surface area contributed by atoms with E-state index in [9.17, 15) is 18.0 Å². The van der Waals surface area contributed by atoms with E-state index in [0.29, 0.717) is 16.9 Å². The number of aromatic nitrogens is 2. The lowest BCUT2D eigenvalue weighted by Gasteiger charge is -2.11. The van der Waals surface area contributed by atoms with Gasteiger partial charge in [0.05, 0.1) is 28.9 Å². The van der Waals surface area contributed by atoms with Crippen LogP contribution in [-0.4, -0.2) is 37.6 Å². The van der Waals surface area contributed by atoms with E-state index in [1.807, 2.05) is 0 Å². The molecule has 0 bridgehead atoms. The zero-order valence-corrected chi connectivity index (χ0v) is 18.1. The number of halogens is 1. The summed E-state index contributed by atoms with van der Waals surface area (Å²) < 4.78 is 32.0. The number of nitrogens with zero attached hydrogens (tertiary/aromatic N) is 2. The summed E-state index contributed by atoms with van der Waals surface area (Å²) in [4.78, 5) is 24.1. The van der Waals surface area contributed by atoms with Gasteiger partial charge < -0.3 is 4.74 Å². The van der Waals surface area contributed by atoms with E-state index in [2.05, 4.69) is 25.0 Å². The topological polar surface area (TPSA) is 127 Å². The number of hydrogen-bond acceptors (Lipinski definition) is 8. The van der Waals surface area contributed by atoms with Crippen molar-refractivity contribution in [3.8, 4) is 0 Å². The molecule has 1 amide bonds. The van der Waals surface area contributed by atoms with Gasteiger partial charge in [-0.2, -0.15) is 8.42 Å². The molecular weight excluding hydrogens is 452 g/mol. The predicted molar refractivity (Wildman–Crippen MR) is 113 cm³/mol. The van der Waals surface area contributed by atoms with E-state index >= 15 is 0 Å². The van der Waals surface area contributed by atoms with E-state index in [4.69, 9.17) is 11.6 Å². The van der Waals surface area contributed by atoms with Crippen molar-refractivity contribution in [2.24, 2.45) is 0 Å². The normalized spacial score (nSPS) is 11.0. The number of rotatable bonds is 6. The van der Waals surface area contributed by atoms with Gasteiger partial charge in [0, 0.05) is 0 Å². The molecule has 2 N–H and O–H groups in total. The number of amides is 1. The van der Waals surface area contributed by atoms with Gasteiger partial charge in [0.25, 0.3) is 20.3 Å². The number of carbonyl (C=O) groups excluding carboxylic acids is 2. The van der Waals surface area contributed by atoms with Gasteiger partial charge in [-0.25, -0.2) is 4.79 Å². The number of benzene rings is 2. The van der Waals surface area contributed by atoms with E-state index < -0.39 is 21.9 Å². The van der Waals surface area contributed by atoms with E-state index in [1.165, 1.54) is 31.4 Å². The van der Waals surface area contributed by atoms with Gasteiger partial charge in [-0.1, -0.05) is 41.1 Å². The van der Waals surface area contributed by atoms with Crippen LogP contribution in [0.4, 0.5) is 10.8 Å². The minimum absolute atomic E-state index is 0.0136. The van der Waals surface area contributed by atoms with Crippen LogP contribution in [0.5, 0.6) is 0 Å². The Hall–Kier alpha value is -3.02. The molecule has 1 heterocycles.